The van der Waals surface area contributed by atoms with Gasteiger partial charge in [0, 0.05) is 21.9 Å². The van der Waals surface area contributed by atoms with Gasteiger partial charge in [-0.3, -0.25) is 4.79 Å². The molecule has 3 rings (SSSR count). The average Bonchev–Trinajstić information content (AvgIpc) is 3.25. The average molecular weight is 361 g/mol. The lowest BCUT2D eigenvalue weighted by Gasteiger charge is -2.07. The number of carbonyl (C=O) groups is 1. The Morgan fingerprint density at radius 3 is 2.83 bits per heavy atom. The molecule has 0 saturated carbocycles. The van der Waals surface area contributed by atoms with E-state index in [-0.39, 0.29) is 18.3 Å². The first-order chi connectivity index (χ1) is 11.7. The quantitative estimate of drug-likeness (QED) is 0.679. The van der Waals surface area contributed by atoms with E-state index in [9.17, 15) is 9.18 Å². The highest BCUT2D eigenvalue weighted by atomic mass is 32.1. The van der Waals surface area contributed by atoms with E-state index in [1.54, 1.807) is 34.8 Å². The van der Waals surface area contributed by atoms with Crippen LogP contribution >= 0.6 is 22.7 Å². The Labute approximate surface area is 147 Å². The Balaban J connectivity index is 1.41. The van der Waals surface area contributed by atoms with Gasteiger partial charge in [-0.25, -0.2) is 4.39 Å². The lowest BCUT2D eigenvalue weighted by Crippen LogP contribution is -2.30. The van der Waals surface area contributed by atoms with Crippen LogP contribution in [0, 0.1) is 5.82 Å². The topological polar surface area (TPSA) is 38.3 Å². The van der Waals surface area contributed by atoms with Crippen LogP contribution in [0.1, 0.15) is 4.88 Å². The van der Waals surface area contributed by atoms with Crippen molar-refractivity contribution >= 4 is 28.6 Å². The van der Waals surface area contributed by atoms with Crippen LogP contribution in [0.4, 0.5) is 4.39 Å². The van der Waals surface area contributed by atoms with Crippen molar-refractivity contribution < 1.29 is 13.9 Å². The van der Waals surface area contributed by atoms with Gasteiger partial charge in [0.2, 0.25) is 0 Å². The second kappa shape index (κ2) is 8.08. The summed E-state index contributed by atoms with van der Waals surface area (Å²) in [5.41, 5.74) is 1.23. The zero-order valence-corrected chi connectivity index (χ0v) is 14.5. The van der Waals surface area contributed by atoms with E-state index in [1.165, 1.54) is 27.5 Å². The van der Waals surface area contributed by atoms with Gasteiger partial charge in [-0.2, -0.15) is 11.3 Å². The third-order valence-electron chi connectivity index (χ3n) is 3.36. The largest absolute Gasteiger partial charge is 0.481 e. The zero-order chi connectivity index (χ0) is 16.8. The number of hydrogen-bond acceptors (Lipinski definition) is 4. The molecule has 2 aromatic heterocycles. The maximum Gasteiger partial charge on any atom is 0.257 e. The molecular formula is C18H16FNO2S2. The number of halogens is 1. The molecular weight excluding hydrogens is 345 g/mol. The van der Waals surface area contributed by atoms with E-state index >= 15 is 0 Å². The minimum Gasteiger partial charge on any atom is -0.481 e. The fraction of sp³-hybridized carbons (Fsp3) is 0.167. The highest BCUT2D eigenvalue weighted by Crippen LogP contribution is 2.29. The van der Waals surface area contributed by atoms with Gasteiger partial charge in [0.1, 0.15) is 0 Å². The van der Waals surface area contributed by atoms with Crippen LogP contribution in [0.5, 0.6) is 5.75 Å². The lowest BCUT2D eigenvalue weighted by molar-refractivity contribution is -0.123. The molecule has 2 heterocycles. The first-order valence-electron chi connectivity index (χ1n) is 7.47. The molecule has 6 heteroatoms. The molecule has 0 radical (unpaired) electrons. The van der Waals surface area contributed by atoms with Crippen molar-refractivity contribution in [3.8, 4) is 16.2 Å². The molecule has 1 aromatic carbocycles. The van der Waals surface area contributed by atoms with Crippen molar-refractivity contribution in [2.24, 2.45) is 0 Å². The Kier molecular flexibility index (Phi) is 5.61. The molecule has 0 aliphatic heterocycles. The SMILES string of the molecule is O=C(COc1ccccc1F)NCCc1ccc(-c2ccsc2)s1. The number of carbonyl (C=O) groups excluding carboxylic acids is 1. The minimum absolute atomic E-state index is 0.0892. The van der Waals surface area contributed by atoms with Crippen LogP contribution in [0.2, 0.25) is 0 Å². The summed E-state index contributed by atoms with van der Waals surface area (Å²) in [6.07, 6.45) is 0.764. The van der Waals surface area contributed by atoms with E-state index in [2.05, 4.69) is 34.3 Å². The van der Waals surface area contributed by atoms with Gasteiger partial charge in [0.05, 0.1) is 0 Å². The van der Waals surface area contributed by atoms with E-state index < -0.39 is 5.82 Å². The number of para-hydroxylation sites is 1. The maximum absolute atomic E-state index is 13.4. The van der Waals surface area contributed by atoms with Crippen molar-refractivity contribution in [3.63, 3.8) is 0 Å². The summed E-state index contributed by atoms with van der Waals surface area (Å²) in [5.74, 6) is -0.635. The number of ether oxygens (including phenoxy) is 1. The summed E-state index contributed by atoms with van der Waals surface area (Å²) in [5, 5.41) is 6.97. The normalized spacial score (nSPS) is 10.5. The highest BCUT2D eigenvalue weighted by molar-refractivity contribution is 7.16. The molecule has 0 atom stereocenters. The van der Waals surface area contributed by atoms with E-state index in [0.29, 0.717) is 6.54 Å². The molecule has 1 N–H and O–H groups in total. The van der Waals surface area contributed by atoms with Gasteiger partial charge in [0.25, 0.3) is 5.91 Å². The van der Waals surface area contributed by atoms with E-state index in [1.807, 2.05) is 0 Å². The molecule has 0 saturated heterocycles. The molecule has 0 spiro atoms. The lowest BCUT2D eigenvalue weighted by atomic mass is 10.3. The summed E-state index contributed by atoms with van der Waals surface area (Å²) in [4.78, 5) is 14.2. The smallest absolute Gasteiger partial charge is 0.257 e. The Morgan fingerprint density at radius 1 is 1.17 bits per heavy atom. The first kappa shape index (κ1) is 16.7. The van der Waals surface area contributed by atoms with Crippen LogP contribution in [-0.2, 0) is 11.2 Å². The molecule has 24 heavy (non-hydrogen) atoms. The Morgan fingerprint density at radius 2 is 2.04 bits per heavy atom. The minimum atomic E-state index is -0.468. The number of thiophene rings is 2. The second-order valence-electron chi connectivity index (χ2n) is 5.10. The van der Waals surface area contributed by atoms with Crippen LogP contribution in [0.15, 0.2) is 53.2 Å². The fourth-order valence-corrected chi connectivity index (χ4v) is 3.89. The molecule has 124 valence electrons. The molecule has 0 aliphatic rings. The van der Waals surface area contributed by atoms with Crippen LogP contribution in [-0.4, -0.2) is 19.1 Å². The predicted octanol–water partition coefficient (Wildman–Crippen LogP) is 4.35. The molecule has 0 fully saturated rings. The predicted molar refractivity (Wildman–Crippen MR) is 96.2 cm³/mol. The number of nitrogens with one attached hydrogen (secondary N) is 1. The molecule has 0 unspecified atom stereocenters. The number of amides is 1. The molecule has 3 nitrogen and oxygen atoms in total. The van der Waals surface area contributed by atoms with Gasteiger partial charge < -0.3 is 10.1 Å². The molecule has 0 aliphatic carbocycles. The zero-order valence-electron chi connectivity index (χ0n) is 12.8. The Bertz CT molecular complexity index is 799. The Hall–Kier alpha value is -2.18. The summed E-state index contributed by atoms with van der Waals surface area (Å²) in [6, 6.07) is 12.3. The van der Waals surface area contributed by atoms with Gasteiger partial charge in [-0.15, -0.1) is 11.3 Å². The van der Waals surface area contributed by atoms with Crippen molar-refractivity contribution in [2.45, 2.75) is 6.42 Å². The van der Waals surface area contributed by atoms with Crippen molar-refractivity contribution in [1.82, 2.24) is 5.32 Å². The third kappa shape index (κ3) is 4.43. The van der Waals surface area contributed by atoms with Gasteiger partial charge in [-0.1, -0.05) is 12.1 Å². The van der Waals surface area contributed by atoms with Crippen molar-refractivity contribution in [3.05, 3.63) is 63.9 Å². The van der Waals surface area contributed by atoms with Crippen LogP contribution in [0.3, 0.4) is 0 Å². The molecule has 0 bridgehead atoms. The second-order valence-corrected chi connectivity index (χ2v) is 7.05. The molecule has 3 aromatic rings. The number of benzene rings is 1. The third-order valence-corrected chi connectivity index (χ3v) is 5.23. The van der Waals surface area contributed by atoms with Crippen molar-refractivity contribution in [1.29, 1.82) is 0 Å². The summed E-state index contributed by atoms with van der Waals surface area (Å²) in [7, 11) is 0. The summed E-state index contributed by atoms with van der Waals surface area (Å²) < 4.78 is 18.5. The van der Waals surface area contributed by atoms with E-state index in [0.717, 1.165) is 6.42 Å². The van der Waals surface area contributed by atoms with E-state index in [4.69, 9.17) is 4.74 Å². The van der Waals surface area contributed by atoms with Crippen LogP contribution < -0.4 is 10.1 Å². The summed E-state index contributed by atoms with van der Waals surface area (Å²) >= 11 is 3.41. The highest BCUT2D eigenvalue weighted by Gasteiger charge is 2.07. The number of rotatable bonds is 7. The maximum atomic E-state index is 13.4. The molecule has 1 amide bonds. The monoisotopic (exact) mass is 361 g/mol. The number of hydrogen-bond donors (Lipinski definition) is 1. The first-order valence-corrected chi connectivity index (χ1v) is 9.23. The van der Waals surface area contributed by atoms with Crippen LogP contribution in [0.25, 0.3) is 10.4 Å². The fourth-order valence-electron chi connectivity index (χ4n) is 2.15. The summed E-state index contributed by atoms with van der Waals surface area (Å²) in [6.45, 7) is 0.342. The van der Waals surface area contributed by atoms with Crippen molar-refractivity contribution in [2.75, 3.05) is 13.2 Å². The van der Waals surface area contributed by atoms with Gasteiger partial charge >= 0.3 is 0 Å². The van der Waals surface area contributed by atoms with Gasteiger partial charge in [0.15, 0.2) is 18.2 Å². The standard InChI is InChI=1S/C18H16FNO2S2/c19-15-3-1-2-4-16(15)22-11-18(21)20-9-7-14-5-6-17(24-14)13-8-10-23-12-13/h1-6,8,10,12H,7,9,11H2,(H,20,21). The van der Waals surface area contributed by atoms with Gasteiger partial charge in [-0.05, 0) is 47.5 Å².